The third kappa shape index (κ3) is 5.19. The maximum atomic E-state index is 5.18. The lowest BCUT2D eigenvalue weighted by molar-refractivity contribution is 0.550. The van der Waals surface area contributed by atoms with Gasteiger partial charge in [0.25, 0.3) is 0 Å². The summed E-state index contributed by atoms with van der Waals surface area (Å²) in [6.45, 7) is 18.1. The minimum absolute atomic E-state index is 0.0318. The van der Waals surface area contributed by atoms with E-state index < -0.39 is 7.92 Å². The van der Waals surface area contributed by atoms with Gasteiger partial charge in [-0.2, -0.15) is 0 Å². The minimum atomic E-state index is -0.528. The highest BCUT2D eigenvalue weighted by Crippen LogP contribution is 2.40. The molecule has 3 aromatic rings. The number of aryl methyl sites for hydroxylation is 2. The third-order valence-corrected chi connectivity index (χ3v) is 8.45. The Bertz CT molecular complexity index is 944. The summed E-state index contributed by atoms with van der Waals surface area (Å²) in [5, 5.41) is 2.92. The first-order valence-electron chi connectivity index (χ1n) is 10.9. The van der Waals surface area contributed by atoms with E-state index in [0.29, 0.717) is 0 Å². The second-order valence-corrected chi connectivity index (χ2v) is 12.5. The molecule has 158 valence electrons. The van der Waals surface area contributed by atoms with E-state index in [2.05, 4.69) is 116 Å². The Morgan fingerprint density at radius 1 is 0.700 bits per heavy atom. The SMILES string of the molecule is Cc1ccccc1P(Cc1cc(C(C)(C)C)cc(C(C)(C)C)n1)c1ccccc1C. The molecular formula is C28H36NP. The molecule has 0 aliphatic rings. The standard InChI is InChI=1S/C28H36NP/c1-20-13-9-11-15-24(20)30(25-16-12-10-14-21(25)2)19-23-17-22(27(3,4)5)18-26(29-23)28(6,7)8/h9-18H,19H2,1-8H3. The van der Waals surface area contributed by atoms with Gasteiger partial charge in [0.15, 0.2) is 0 Å². The molecule has 0 aliphatic carbocycles. The molecular weight excluding hydrogens is 381 g/mol. The molecule has 3 rings (SSSR count). The molecule has 0 atom stereocenters. The van der Waals surface area contributed by atoms with Gasteiger partial charge in [0.1, 0.15) is 0 Å². The zero-order valence-corrected chi connectivity index (χ0v) is 20.8. The summed E-state index contributed by atoms with van der Waals surface area (Å²) in [6, 6.07) is 22.4. The van der Waals surface area contributed by atoms with Crippen LogP contribution >= 0.6 is 7.92 Å². The lowest BCUT2D eigenvalue weighted by Crippen LogP contribution is -2.21. The number of pyridine rings is 1. The van der Waals surface area contributed by atoms with Crippen LogP contribution in [0.2, 0.25) is 0 Å². The quantitative estimate of drug-likeness (QED) is 0.420. The van der Waals surface area contributed by atoms with Gasteiger partial charge in [0, 0.05) is 23.0 Å². The summed E-state index contributed by atoms with van der Waals surface area (Å²) in [5.74, 6) is 0. The predicted molar refractivity (Wildman–Crippen MR) is 134 cm³/mol. The van der Waals surface area contributed by atoms with Crippen LogP contribution in [0.25, 0.3) is 0 Å². The van der Waals surface area contributed by atoms with Crippen molar-refractivity contribution in [3.8, 4) is 0 Å². The van der Waals surface area contributed by atoms with Gasteiger partial charge in [-0.15, -0.1) is 0 Å². The van der Waals surface area contributed by atoms with Gasteiger partial charge >= 0.3 is 0 Å². The van der Waals surface area contributed by atoms with Gasteiger partial charge in [0.2, 0.25) is 0 Å². The Balaban J connectivity index is 2.16. The predicted octanol–water partition coefficient (Wildman–Crippen LogP) is 6.93. The second-order valence-electron chi connectivity index (χ2n) is 10.4. The Hall–Kier alpha value is -1.98. The van der Waals surface area contributed by atoms with Crippen molar-refractivity contribution in [2.75, 3.05) is 0 Å². The molecule has 0 N–H and O–H groups in total. The van der Waals surface area contributed by atoms with E-state index >= 15 is 0 Å². The van der Waals surface area contributed by atoms with Crippen LogP contribution in [-0.4, -0.2) is 4.98 Å². The van der Waals surface area contributed by atoms with Crippen molar-refractivity contribution in [2.45, 2.75) is 72.4 Å². The van der Waals surface area contributed by atoms with Crippen LogP contribution in [0.1, 0.15) is 69.6 Å². The first-order chi connectivity index (χ1) is 14.0. The summed E-state index contributed by atoms with van der Waals surface area (Å²) in [4.78, 5) is 5.18. The normalized spacial score (nSPS) is 12.4. The van der Waals surface area contributed by atoms with Gasteiger partial charge in [-0.05, 0) is 66.6 Å². The van der Waals surface area contributed by atoms with Crippen LogP contribution in [0.15, 0.2) is 60.7 Å². The lowest BCUT2D eigenvalue weighted by atomic mass is 9.83. The van der Waals surface area contributed by atoms with Crippen LogP contribution in [-0.2, 0) is 17.0 Å². The zero-order chi connectivity index (χ0) is 22.1. The highest BCUT2D eigenvalue weighted by atomic mass is 31.1. The molecule has 30 heavy (non-hydrogen) atoms. The fourth-order valence-corrected chi connectivity index (χ4v) is 6.30. The maximum Gasteiger partial charge on any atom is 0.0463 e. The third-order valence-electron chi connectivity index (χ3n) is 5.65. The van der Waals surface area contributed by atoms with Crippen molar-refractivity contribution in [3.05, 3.63) is 88.7 Å². The smallest absolute Gasteiger partial charge is 0.0463 e. The molecule has 0 bridgehead atoms. The van der Waals surface area contributed by atoms with E-state index in [4.69, 9.17) is 4.98 Å². The number of hydrogen-bond acceptors (Lipinski definition) is 1. The summed E-state index contributed by atoms with van der Waals surface area (Å²) in [6.07, 6.45) is 0.970. The Morgan fingerprint density at radius 2 is 1.20 bits per heavy atom. The van der Waals surface area contributed by atoms with Crippen molar-refractivity contribution in [1.82, 2.24) is 4.98 Å². The highest BCUT2D eigenvalue weighted by molar-refractivity contribution is 7.72. The van der Waals surface area contributed by atoms with Crippen LogP contribution in [0, 0.1) is 13.8 Å². The van der Waals surface area contributed by atoms with Crippen LogP contribution < -0.4 is 10.6 Å². The largest absolute Gasteiger partial charge is 0.257 e. The first-order valence-corrected chi connectivity index (χ1v) is 12.4. The van der Waals surface area contributed by atoms with E-state index in [1.807, 2.05) is 0 Å². The summed E-state index contributed by atoms with van der Waals surface area (Å²) >= 11 is 0. The van der Waals surface area contributed by atoms with Crippen molar-refractivity contribution >= 4 is 18.5 Å². The molecule has 0 radical (unpaired) electrons. The van der Waals surface area contributed by atoms with Crippen LogP contribution in [0.3, 0.4) is 0 Å². The van der Waals surface area contributed by atoms with Crippen LogP contribution in [0.5, 0.6) is 0 Å². The Kier molecular flexibility index (Phi) is 6.54. The number of benzene rings is 2. The Labute approximate surface area is 184 Å². The van der Waals surface area contributed by atoms with E-state index in [0.717, 1.165) is 6.16 Å². The average Bonchev–Trinajstić information content (AvgIpc) is 2.66. The number of nitrogens with zero attached hydrogens (tertiary/aromatic N) is 1. The highest BCUT2D eigenvalue weighted by Gasteiger charge is 2.24. The second kappa shape index (κ2) is 8.64. The molecule has 0 unspecified atom stereocenters. The summed E-state index contributed by atoms with van der Waals surface area (Å²) in [5.41, 5.74) is 6.65. The molecule has 0 aliphatic heterocycles. The van der Waals surface area contributed by atoms with Crippen molar-refractivity contribution in [2.24, 2.45) is 0 Å². The number of hydrogen-bond donors (Lipinski definition) is 0. The molecule has 1 heterocycles. The molecule has 1 nitrogen and oxygen atoms in total. The summed E-state index contributed by atoms with van der Waals surface area (Å²) in [7, 11) is -0.528. The fraction of sp³-hybridized carbons (Fsp3) is 0.393. The van der Waals surface area contributed by atoms with Gasteiger partial charge in [-0.25, -0.2) is 0 Å². The monoisotopic (exact) mass is 417 g/mol. The molecule has 0 saturated carbocycles. The van der Waals surface area contributed by atoms with Gasteiger partial charge < -0.3 is 0 Å². The molecule has 0 amide bonds. The van der Waals surface area contributed by atoms with E-state index in [9.17, 15) is 0 Å². The number of rotatable bonds is 4. The average molecular weight is 418 g/mol. The minimum Gasteiger partial charge on any atom is -0.257 e. The lowest BCUT2D eigenvalue weighted by Gasteiger charge is -2.27. The first kappa shape index (κ1) is 22.7. The molecule has 2 aromatic carbocycles. The molecule has 0 fully saturated rings. The van der Waals surface area contributed by atoms with Crippen molar-refractivity contribution in [3.63, 3.8) is 0 Å². The maximum absolute atomic E-state index is 5.18. The Morgan fingerprint density at radius 3 is 1.63 bits per heavy atom. The summed E-state index contributed by atoms with van der Waals surface area (Å²) < 4.78 is 0. The zero-order valence-electron chi connectivity index (χ0n) is 19.9. The molecule has 0 spiro atoms. The van der Waals surface area contributed by atoms with E-state index in [1.165, 1.54) is 38.7 Å². The van der Waals surface area contributed by atoms with Crippen LogP contribution in [0.4, 0.5) is 0 Å². The van der Waals surface area contributed by atoms with Crippen molar-refractivity contribution < 1.29 is 0 Å². The number of aromatic nitrogens is 1. The topological polar surface area (TPSA) is 12.9 Å². The molecule has 1 aromatic heterocycles. The molecule has 0 saturated heterocycles. The van der Waals surface area contributed by atoms with E-state index in [1.54, 1.807) is 0 Å². The van der Waals surface area contributed by atoms with Crippen molar-refractivity contribution in [1.29, 1.82) is 0 Å². The molecule has 2 heteroatoms. The fourth-order valence-electron chi connectivity index (χ4n) is 3.68. The van der Waals surface area contributed by atoms with E-state index in [-0.39, 0.29) is 10.8 Å². The van der Waals surface area contributed by atoms with Gasteiger partial charge in [0.05, 0.1) is 0 Å². The van der Waals surface area contributed by atoms with Gasteiger partial charge in [-0.1, -0.05) is 90.1 Å². The van der Waals surface area contributed by atoms with Gasteiger partial charge in [-0.3, -0.25) is 4.98 Å².